The van der Waals surface area contributed by atoms with Crippen LogP contribution < -0.4 is 18.9 Å². The number of hydrogen-bond donors (Lipinski definition) is 0. The number of benzene rings is 3. The van der Waals surface area contributed by atoms with Crippen molar-refractivity contribution >= 4 is 83.2 Å². The van der Waals surface area contributed by atoms with Crippen LogP contribution in [-0.4, -0.2) is 103 Å². The summed E-state index contributed by atoms with van der Waals surface area (Å²) in [7, 11) is 0. The Labute approximate surface area is 543 Å². The summed E-state index contributed by atoms with van der Waals surface area (Å²) in [6.07, 6.45) is 4.89. The SMILES string of the molecule is C=CC(=O)OCC(C)(C)COC(=O)CCC(=O)OCCc1ccc(OC(=O)C2CCC(C(=O)Oc3cc(C)c(OC(=O)C4CCC(C(=O)Oc5ccc(CCOC(=O)CCC(=O)OCC(C)(C)COC(=O)C=C)cc5)CC4)c4c3SC(CC#N)(CC#N)S4)CC2)cc1. The molecule has 0 amide bonds. The van der Waals surface area contributed by atoms with Crippen molar-refractivity contribution in [2.45, 2.75) is 151 Å². The van der Waals surface area contributed by atoms with Gasteiger partial charge in [0.05, 0.1) is 128 Å². The van der Waals surface area contributed by atoms with E-state index < -0.39 is 98.3 Å². The largest absolute Gasteiger partial charge is 0.465 e. The summed E-state index contributed by atoms with van der Waals surface area (Å²) in [6, 6.07) is 19.5. The van der Waals surface area contributed by atoms with Gasteiger partial charge in [-0.15, -0.1) is 23.5 Å². The van der Waals surface area contributed by atoms with E-state index in [0.29, 0.717) is 91.1 Å². The fraction of sp³-hybridized carbons (Fsp3) is 0.500. The second-order valence-electron chi connectivity index (χ2n) is 24.2. The minimum absolute atomic E-state index is 0.0134. The van der Waals surface area contributed by atoms with Crippen molar-refractivity contribution in [1.82, 2.24) is 0 Å². The van der Waals surface area contributed by atoms with Gasteiger partial charge in [0, 0.05) is 35.8 Å². The lowest BCUT2D eigenvalue weighted by Crippen LogP contribution is -2.31. The highest BCUT2D eigenvalue weighted by molar-refractivity contribution is 8.20. The molecule has 3 aromatic carbocycles. The molecule has 1 heterocycles. The molecule has 0 aromatic heterocycles. The first-order valence-electron chi connectivity index (χ1n) is 30.4. The summed E-state index contributed by atoms with van der Waals surface area (Å²) < 4.78 is 53.8. The number of fused-ring (bicyclic) bond motifs is 1. The average molecular weight is 1310 g/mol. The average Bonchev–Trinajstić information content (AvgIpc) is 1.59. The van der Waals surface area contributed by atoms with E-state index in [1.54, 1.807) is 89.2 Å². The van der Waals surface area contributed by atoms with Crippen LogP contribution in [0.4, 0.5) is 0 Å². The van der Waals surface area contributed by atoms with Gasteiger partial charge in [0.25, 0.3) is 0 Å². The molecule has 22 nitrogen and oxygen atoms in total. The standard InChI is InChI=1S/C68H78N2O20S2/c1-8-53(71)83-39-66(4,5)41-85-57(75)28-26-55(73)81-36-30-44-10-22-50(23-11-44)87-62(77)46-14-18-48(19-15-46)64(79)89-52-38-43(3)59(61-60(52)91-68(92-61,32-34-69)33-35-70)90-65(80)49-20-16-47(17-21-49)63(78)88-51-24-12-45(13-25-51)31-37-82-56(74)27-29-58(76)86-42-67(6,7)40-84-54(72)9-2/h8-13,22-25,38,46-49H,1-2,14-21,26-33,36-37,39-42H2,3-7H3. The first kappa shape index (κ1) is 72.6. The lowest BCUT2D eigenvalue weighted by atomic mass is 9.82. The van der Waals surface area contributed by atoms with E-state index in [0.717, 1.165) is 23.3 Å². The molecule has 492 valence electrons. The van der Waals surface area contributed by atoms with Gasteiger partial charge in [-0.3, -0.25) is 38.4 Å². The highest BCUT2D eigenvalue weighted by atomic mass is 32.2. The molecule has 2 aliphatic carbocycles. The molecular formula is C68H78N2O20S2. The molecule has 0 saturated heterocycles. The first-order chi connectivity index (χ1) is 43.8. The molecule has 2 fully saturated rings. The molecule has 0 spiro atoms. The molecule has 3 aromatic rings. The van der Waals surface area contributed by atoms with Crippen molar-refractivity contribution in [3.8, 4) is 35.1 Å². The zero-order chi connectivity index (χ0) is 67.0. The number of rotatable bonds is 32. The first-order valence-corrected chi connectivity index (χ1v) is 32.0. The van der Waals surface area contributed by atoms with E-state index in [4.69, 9.17) is 47.4 Å². The highest BCUT2D eigenvalue weighted by Crippen LogP contribution is 2.64. The molecule has 0 bridgehead atoms. The molecule has 2 saturated carbocycles. The van der Waals surface area contributed by atoms with Gasteiger partial charge in [0.15, 0.2) is 0 Å². The van der Waals surface area contributed by atoms with Gasteiger partial charge >= 0.3 is 59.7 Å². The smallest absolute Gasteiger partial charge is 0.330 e. The number of esters is 10. The number of ether oxygens (including phenoxy) is 10. The maximum absolute atomic E-state index is 13.9. The number of hydrogen-bond acceptors (Lipinski definition) is 24. The molecular weight excluding hydrogens is 1230 g/mol. The second kappa shape index (κ2) is 34.8. The minimum atomic E-state index is -0.982. The monoisotopic (exact) mass is 1310 g/mol. The Balaban J connectivity index is 0.916. The normalized spacial score (nSPS) is 17.3. The van der Waals surface area contributed by atoms with Gasteiger partial charge in [0.1, 0.15) is 23.0 Å². The van der Waals surface area contributed by atoms with E-state index in [2.05, 4.69) is 25.3 Å². The van der Waals surface area contributed by atoms with Crippen LogP contribution in [-0.2, 0) is 89.2 Å². The van der Waals surface area contributed by atoms with Gasteiger partial charge < -0.3 is 47.4 Å². The maximum atomic E-state index is 13.9. The van der Waals surface area contributed by atoms with Gasteiger partial charge in [-0.25, -0.2) is 9.59 Å². The number of carbonyl (C=O) groups excluding carboxylic acids is 10. The highest BCUT2D eigenvalue weighted by Gasteiger charge is 2.45. The summed E-state index contributed by atoms with van der Waals surface area (Å²) in [5.74, 6) is -6.35. The number of thioether (sulfide) groups is 2. The quantitative estimate of drug-likeness (QED) is 0.0243. The van der Waals surface area contributed by atoms with Crippen LogP contribution in [0.3, 0.4) is 0 Å². The number of aryl methyl sites for hydroxylation is 1. The summed E-state index contributed by atoms with van der Waals surface area (Å²) in [5.41, 5.74) is 0.843. The summed E-state index contributed by atoms with van der Waals surface area (Å²) in [4.78, 5) is 127. The molecule has 0 radical (unpaired) electrons. The minimum Gasteiger partial charge on any atom is -0.465 e. The van der Waals surface area contributed by atoms with Crippen LogP contribution in [0.5, 0.6) is 23.0 Å². The topological polar surface area (TPSA) is 311 Å². The van der Waals surface area contributed by atoms with Crippen molar-refractivity contribution in [3.63, 3.8) is 0 Å². The van der Waals surface area contributed by atoms with Crippen molar-refractivity contribution < 1.29 is 95.3 Å². The molecule has 92 heavy (non-hydrogen) atoms. The third-order valence-electron chi connectivity index (χ3n) is 15.3. The Bertz CT molecular complexity index is 3260. The second-order valence-corrected chi connectivity index (χ2v) is 27.3. The Morgan fingerprint density at radius 1 is 0.500 bits per heavy atom. The summed E-state index contributed by atoms with van der Waals surface area (Å²) in [6.45, 7) is 15.6. The fourth-order valence-electron chi connectivity index (χ4n) is 9.86. The van der Waals surface area contributed by atoms with Crippen LogP contribution in [0.1, 0.15) is 134 Å². The predicted molar refractivity (Wildman–Crippen MR) is 332 cm³/mol. The van der Waals surface area contributed by atoms with Crippen LogP contribution >= 0.6 is 23.5 Å². The van der Waals surface area contributed by atoms with Gasteiger partial charge in [-0.2, -0.15) is 10.5 Å². The molecule has 0 atom stereocenters. The van der Waals surface area contributed by atoms with Crippen molar-refractivity contribution in [2.75, 3.05) is 39.6 Å². The lowest BCUT2D eigenvalue weighted by Gasteiger charge is -2.27. The van der Waals surface area contributed by atoms with Crippen LogP contribution in [0, 0.1) is 64.1 Å². The number of nitrogens with zero attached hydrogens (tertiary/aromatic N) is 2. The Morgan fingerprint density at radius 3 is 1.21 bits per heavy atom. The summed E-state index contributed by atoms with van der Waals surface area (Å²) >= 11 is 2.44. The van der Waals surface area contributed by atoms with Crippen molar-refractivity contribution in [3.05, 3.63) is 96.6 Å². The molecule has 3 aliphatic rings. The Kier molecular flexibility index (Phi) is 27.5. The zero-order valence-corrected chi connectivity index (χ0v) is 54.1. The fourth-order valence-corrected chi connectivity index (χ4v) is 12.9. The number of nitriles is 2. The zero-order valence-electron chi connectivity index (χ0n) is 52.5. The summed E-state index contributed by atoms with van der Waals surface area (Å²) in [5, 5.41) is 19.8. The third kappa shape index (κ3) is 23.0. The van der Waals surface area contributed by atoms with E-state index in [-0.39, 0.29) is 89.7 Å². The predicted octanol–water partition coefficient (Wildman–Crippen LogP) is 10.7. The maximum Gasteiger partial charge on any atom is 0.330 e. The van der Waals surface area contributed by atoms with E-state index in [1.165, 1.54) is 23.5 Å². The lowest BCUT2D eigenvalue weighted by molar-refractivity contribution is -0.154. The van der Waals surface area contributed by atoms with E-state index >= 15 is 0 Å². The van der Waals surface area contributed by atoms with Gasteiger partial charge in [-0.1, -0.05) is 65.1 Å². The van der Waals surface area contributed by atoms with Gasteiger partial charge in [0.2, 0.25) is 0 Å². The molecule has 24 heteroatoms. The molecule has 6 rings (SSSR count). The van der Waals surface area contributed by atoms with Crippen molar-refractivity contribution in [2.24, 2.45) is 34.5 Å². The molecule has 0 N–H and O–H groups in total. The van der Waals surface area contributed by atoms with E-state index in [9.17, 15) is 58.5 Å². The third-order valence-corrected chi connectivity index (χ3v) is 18.4. The van der Waals surface area contributed by atoms with Gasteiger partial charge in [-0.05, 0) is 105 Å². The Hall–Kier alpha value is -8.48. The van der Waals surface area contributed by atoms with Crippen LogP contribution in [0.2, 0.25) is 0 Å². The van der Waals surface area contributed by atoms with Crippen molar-refractivity contribution in [1.29, 1.82) is 10.5 Å². The Morgan fingerprint density at radius 2 is 0.837 bits per heavy atom. The number of carbonyl (C=O) groups is 10. The van der Waals surface area contributed by atoms with Crippen LogP contribution in [0.15, 0.2) is 89.7 Å². The van der Waals surface area contributed by atoms with E-state index in [1.807, 2.05) is 0 Å². The molecule has 1 aliphatic heterocycles. The molecule has 0 unspecified atom stereocenters. The van der Waals surface area contributed by atoms with Crippen LogP contribution in [0.25, 0.3) is 0 Å².